The number of nitrogens with zero attached hydrogens (tertiary/aromatic N) is 3. The topological polar surface area (TPSA) is 266 Å². The van der Waals surface area contributed by atoms with E-state index in [4.69, 9.17) is 14.5 Å². The fraction of sp³-hybridized carbons (Fsp3) is 0.286. The Morgan fingerprint density at radius 2 is 1.63 bits per heavy atom. The van der Waals surface area contributed by atoms with Crippen LogP contribution in [0.4, 0.5) is 4.39 Å². The lowest BCUT2D eigenvalue weighted by Crippen LogP contribution is -2.43. The molecule has 3 aromatic rings. The van der Waals surface area contributed by atoms with Crippen molar-refractivity contribution in [2.45, 2.75) is 31.1 Å². The number of rotatable bonds is 11. The minimum Gasteiger partial charge on any atom is -0.387 e. The average molecular weight is 669 g/mol. The van der Waals surface area contributed by atoms with E-state index >= 15 is 0 Å². The van der Waals surface area contributed by atoms with Crippen LogP contribution in [0.1, 0.15) is 11.9 Å². The molecule has 234 valence electrons. The molecule has 1 fully saturated rings. The van der Waals surface area contributed by atoms with Gasteiger partial charge in [-0.3, -0.25) is 23.4 Å². The molecule has 3 unspecified atom stereocenters. The Balaban J connectivity index is 1.51. The van der Waals surface area contributed by atoms with E-state index in [0.29, 0.717) is 11.1 Å². The fourth-order valence-corrected chi connectivity index (χ4v) is 7.04. The van der Waals surface area contributed by atoms with Gasteiger partial charge >= 0.3 is 29.2 Å². The van der Waals surface area contributed by atoms with Crippen molar-refractivity contribution in [1.29, 1.82) is 0 Å². The highest BCUT2D eigenvalue weighted by molar-refractivity contribution is 7.66. The van der Waals surface area contributed by atoms with E-state index in [9.17, 15) is 47.7 Å². The Labute approximate surface area is 239 Å². The molecule has 4 rings (SSSR count). The molecule has 2 aromatic heterocycles. The van der Waals surface area contributed by atoms with Gasteiger partial charge < -0.3 is 34.5 Å². The largest absolute Gasteiger partial charge is 0.490 e. The van der Waals surface area contributed by atoms with Crippen molar-refractivity contribution in [3.05, 3.63) is 87.2 Å². The molecule has 1 aliphatic heterocycles. The molecular weight excluding hydrogens is 646 g/mol. The number of aliphatic hydroxyl groups excluding tert-OH is 2. The van der Waals surface area contributed by atoms with Gasteiger partial charge in [0.2, 0.25) is 0 Å². The van der Waals surface area contributed by atoms with Gasteiger partial charge in [0.05, 0.1) is 18.8 Å². The SMILES string of the molecule is O=c1ccn([C@@H]2O[C@H](COP(=O)(O)OP(=O)(O)OP(=O)(O)O)C(O)[C@@H]2O)c(=O)n1Cc1cc(-c2cccc(F)c2)ccn1. The quantitative estimate of drug-likeness (QED) is 0.149. The van der Waals surface area contributed by atoms with Crippen LogP contribution in [0.3, 0.4) is 0 Å². The van der Waals surface area contributed by atoms with Crippen molar-refractivity contribution >= 4 is 23.5 Å². The number of aromatic nitrogens is 3. The zero-order valence-electron chi connectivity index (χ0n) is 21.3. The summed E-state index contributed by atoms with van der Waals surface area (Å²) in [4.78, 5) is 65.9. The fourth-order valence-electron chi connectivity index (χ4n) is 4.01. The second-order valence-corrected chi connectivity index (χ2v) is 13.3. The zero-order valence-corrected chi connectivity index (χ0v) is 24.0. The number of aliphatic hydroxyl groups is 2. The number of pyridine rings is 1. The number of ether oxygens (including phenoxy) is 1. The maximum absolute atomic E-state index is 13.7. The average Bonchev–Trinajstić information content (AvgIpc) is 3.16. The number of phosphoric ester groups is 1. The van der Waals surface area contributed by atoms with E-state index in [-0.39, 0.29) is 12.2 Å². The van der Waals surface area contributed by atoms with Crippen LogP contribution in [0.2, 0.25) is 0 Å². The molecule has 22 heteroatoms. The van der Waals surface area contributed by atoms with Gasteiger partial charge in [-0.15, -0.1) is 0 Å². The van der Waals surface area contributed by atoms with Crippen LogP contribution in [0.15, 0.2) is 64.4 Å². The standard InChI is InChI=1S/C21H23FN3O15P3/c22-14-3-1-2-12(8-14)13-4-6-23-15(9-13)10-25-17(26)5-7-24(21(25)29)20-19(28)18(27)16(38-20)11-37-42(33,34)40-43(35,36)39-41(30,31)32/h1-9,16,18-20,27-28H,10-11H2,(H,33,34)(H,35,36)(H2,30,31,32)/t16-,18?,19+,20-/m1/s1. The molecule has 0 saturated carbocycles. The lowest BCUT2D eigenvalue weighted by Gasteiger charge is -2.19. The predicted molar refractivity (Wildman–Crippen MR) is 139 cm³/mol. The number of phosphoric acid groups is 3. The smallest absolute Gasteiger partial charge is 0.387 e. The third kappa shape index (κ3) is 8.47. The van der Waals surface area contributed by atoms with Crippen LogP contribution in [0.25, 0.3) is 11.1 Å². The summed E-state index contributed by atoms with van der Waals surface area (Å²) >= 11 is 0. The van der Waals surface area contributed by atoms with Crippen molar-refractivity contribution < 1.29 is 65.8 Å². The molecule has 0 bridgehead atoms. The van der Waals surface area contributed by atoms with E-state index in [1.165, 1.54) is 30.5 Å². The van der Waals surface area contributed by atoms with Crippen molar-refractivity contribution in [3.63, 3.8) is 0 Å². The summed E-state index contributed by atoms with van der Waals surface area (Å²) < 4.78 is 66.3. The molecule has 18 nitrogen and oxygen atoms in total. The predicted octanol–water partition coefficient (Wildman–Crippen LogP) is 0.222. The van der Waals surface area contributed by atoms with Crippen LogP contribution in [-0.2, 0) is 38.1 Å². The Hall–Kier alpha value is -2.73. The molecule has 0 aliphatic carbocycles. The van der Waals surface area contributed by atoms with E-state index in [1.807, 2.05) is 0 Å². The highest BCUT2D eigenvalue weighted by Crippen LogP contribution is 2.66. The molecular formula is C21H23FN3O15P3. The molecule has 6 N–H and O–H groups in total. The van der Waals surface area contributed by atoms with Gasteiger partial charge in [-0.25, -0.2) is 22.9 Å². The van der Waals surface area contributed by atoms with Crippen molar-refractivity contribution in [3.8, 4) is 11.1 Å². The third-order valence-electron chi connectivity index (χ3n) is 5.82. The van der Waals surface area contributed by atoms with Gasteiger partial charge in [0.1, 0.15) is 24.1 Å². The molecule has 1 aliphatic rings. The van der Waals surface area contributed by atoms with Crippen molar-refractivity contribution in [2.24, 2.45) is 0 Å². The minimum absolute atomic E-state index is 0.237. The third-order valence-corrected chi connectivity index (χ3v) is 9.62. The highest BCUT2D eigenvalue weighted by Gasteiger charge is 2.47. The van der Waals surface area contributed by atoms with E-state index < -0.39 is 71.7 Å². The van der Waals surface area contributed by atoms with Gasteiger partial charge in [-0.1, -0.05) is 12.1 Å². The van der Waals surface area contributed by atoms with Gasteiger partial charge in [-0.2, -0.15) is 8.62 Å². The first kappa shape index (κ1) is 33.2. The van der Waals surface area contributed by atoms with Gasteiger partial charge in [0.15, 0.2) is 6.23 Å². The number of benzene rings is 1. The first-order chi connectivity index (χ1) is 19.9. The molecule has 0 amide bonds. The lowest BCUT2D eigenvalue weighted by molar-refractivity contribution is -0.0547. The Bertz CT molecular complexity index is 1760. The minimum atomic E-state index is -5.81. The second-order valence-electron chi connectivity index (χ2n) is 8.91. The summed E-state index contributed by atoms with van der Waals surface area (Å²) in [7, 11) is -17.0. The van der Waals surface area contributed by atoms with Crippen LogP contribution in [-0.4, -0.2) is 68.8 Å². The number of hydrogen-bond acceptors (Lipinski definition) is 12. The first-order valence-corrected chi connectivity index (χ1v) is 16.3. The number of hydrogen-bond donors (Lipinski definition) is 6. The molecule has 1 saturated heterocycles. The molecule has 43 heavy (non-hydrogen) atoms. The maximum Gasteiger partial charge on any atom is 0.490 e. The summed E-state index contributed by atoms with van der Waals surface area (Å²) in [5, 5.41) is 20.9. The monoisotopic (exact) mass is 669 g/mol. The summed E-state index contributed by atoms with van der Waals surface area (Å²) in [5.41, 5.74) is -0.488. The molecule has 1 aromatic carbocycles. The number of halogens is 1. The summed E-state index contributed by atoms with van der Waals surface area (Å²) in [6.07, 6.45) is -4.73. The van der Waals surface area contributed by atoms with Crippen LogP contribution in [0, 0.1) is 5.82 Å². The second kappa shape index (κ2) is 12.7. The summed E-state index contributed by atoms with van der Waals surface area (Å²) in [6, 6.07) is 9.78. The van der Waals surface area contributed by atoms with Gasteiger partial charge in [0, 0.05) is 18.5 Å². The van der Waals surface area contributed by atoms with Gasteiger partial charge in [-0.05, 0) is 35.4 Å². The molecule has 6 atom stereocenters. The zero-order chi connectivity index (χ0) is 31.7. The Morgan fingerprint density at radius 3 is 2.30 bits per heavy atom. The molecule has 3 heterocycles. The summed E-state index contributed by atoms with van der Waals surface area (Å²) in [5.74, 6) is -0.476. The lowest BCUT2D eigenvalue weighted by atomic mass is 10.1. The summed E-state index contributed by atoms with van der Waals surface area (Å²) in [6.45, 7) is -1.47. The van der Waals surface area contributed by atoms with Crippen LogP contribution < -0.4 is 11.2 Å². The van der Waals surface area contributed by atoms with E-state index in [2.05, 4.69) is 18.1 Å². The molecule has 0 spiro atoms. The van der Waals surface area contributed by atoms with Gasteiger partial charge in [0.25, 0.3) is 5.56 Å². The van der Waals surface area contributed by atoms with Crippen molar-refractivity contribution in [2.75, 3.05) is 6.61 Å². The maximum atomic E-state index is 13.7. The normalized spacial score (nSPS) is 23.5. The Kier molecular flexibility index (Phi) is 9.80. The first-order valence-electron chi connectivity index (χ1n) is 11.8. The Morgan fingerprint density at radius 1 is 0.930 bits per heavy atom. The van der Waals surface area contributed by atoms with E-state index in [1.54, 1.807) is 12.1 Å². The van der Waals surface area contributed by atoms with E-state index in [0.717, 1.165) is 21.4 Å². The van der Waals surface area contributed by atoms with Crippen LogP contribution >= 0.6 is 23.5 Å². The van der Waals surface area contributed by atoms with Crippen molar-refractivity contribution in [1.82, 2.24) is 14.1 Å². The van der Waals surface area contributed by atoms with Crippen LogP contribution in [0.5, 0.6) is 0 Å². The molecule has 0 radical (unpaired) electrons. The highest BCUT2D eigenvalue weighted by atomic mass is 31.3.